The average molecular weight is 467 g/mol. The van der Waals surface area contributed by atoms with Crippen molar-refractivity contribution in [1.82, 2.24) is 15.5 Å². The molecule has 166 valence electrons. The number of rotatable bonds is 5. The number of nitrogens with one attached hydrogen (secondary N) is 2. The molecule has 7 nitrogen and oxygen atoms in total. The molecule has 0 bridgehead atoms. The van der Waals surface area contributed by atoms with Crippen molar-refractivity contribution in [2.24, 2.45) is 0 Å². The van der Waals surface area contributed by atoms with Gasteiger partial charge in [0.1, 0.15) is 6.04 Å². The molecular formula is C22H18ClF2N3O4. The van der Waals surface area contributed by atoms with Crippen molar-refractivity contribution in [3.63, 3.8) is 0 Å². The minimum Gasteiger partial charge on any atom is -0.346 e. The molecule has 4 amide bonds. The van der Waals surface area contributed by atoms with Gasteiger partial charge in [-0.3, -0.25) is 24.5 Å². The molecule has 10 heteroatoms. The third-order valence-corrected chi connectivity index (χ3v) is 5.32. The van der Waals surface area contributed by atoms with E-state index in [2.05, 4.69) is 0 Å². The zero-order valence-corrected chi connectivity index (χ0v) is 17.0. The highest BCUT2D eigenvalue weighted by atomic mass is 35.5. The molecule has 0 spiro atoms. The van der Waals surface area contributed by atoms with E-state index < -0.39 is 65.8 Å². The third kappa shape index (κ3) is 4.08. The van der Waals surface area contributed by atoms with Gasteiger partial charge in [0.15, 0.2) is 1.41 Å². The van der Waals surface area contributed by atoms with Crippen molar-refractivity contribution >= 4 is 35.2 Å². The Hall–Kier alpha value is -3.33. The van der Waals surface area contributed by atoms with Crippen LogP contribution >= 0.6 is 11.6 Å². The summed E-state index contributed by atoms with van der Waals surface area (Å²) in [4.78, 5) is 50.4. The summed E-state index contributed by atoms with van der Waals surface area (Å²) in [6, 6.07) is 6.03. The lowest BCUT2D eigenvalue weighted by Crippen LogP contribution is -2.52. The first-order valence-electron chi connectivity index (χ1n) is 11.8. The quantitative estimate of drug-likeness (QED) is 0.662. The Bertz CT molecular complexity index is 1330. The van der Waals surface area contributed by atoms with E-state index in [1.165, 1.54) is 6.07 Å². The SMILES string of the molecule is [2H]N(C(=O)C(F)(F)c1ccc(Cl)cc1)C([2H])([2H])c1ccc2c(c1)CN(C1CC([2H])([2H])C(=O)NC1=O)C2=O. The highest BCUT2D eigenvalue weighted by Crippen LogP contribution is 2.30. The lowest BCUT2D eigenvalue weighted by molar-refractivity contribution is -0.147. The van der Waals surface area contributed by atoms with Gasteiger partial charge in [0.25, 0.3) is 11.8 Å². The number of carbonyl (C=O) groups excluding carboxylic acids is 4. The van der Waals surface area contributed by atoms with Crippen molar-refractivity contribution in [2.75, 3.05) is 0 Å². The van der Waals surface area contributed by atoms with Gasteiger partial charge in [-0.15, -0.1) is 0 Å². The molecule has 0 saturated carbocycles. The lowest BCUT2D eigenvalue weighted by Gasteiger charge is -2.29. The number of carbonyl (C=O) groups is 4. The lowest BCUT2D eigenvalue weighted by atomic mass is 10.0. The minimum absolute atomic E-state index is 0.0409. The van der Waals surface area contributed by atoms with Gasteiger partial charge < -0.3 is 10.2 Å². The molecule has 2 aliphatic heterocycles. The Morgan fingerprint density at radius 1 is 1.28 bits per heavy atom. The van der Waals surface area contributed by atoms with Crippen molar-refractivity contribution < 1.29 is 34.9 Å². The van der Waals surface area contributed by atoms with Gasteiger partial charge in [-0.1, -0.05) is 35.9 Å². The number of imide groups is 1. The topological polar surface area (TPSA) is 95.6 Å². The van der Waals surface area contributed by atoms with Crippen molar-refractivity contribution in [3.05, 3.63) is 69.7 Å². The molecule has 1 saturated heterocycles. The van der Waals surface area contributed by atoms with E-state index >= 15 is 0 Å². The van der Waals surface area contributed by atoms with Crippen LogP contribution in [0.2, 0.25) is 6.43 Å². The maximum absolute atomic E-state index is 14.8. The van der Waals surface area contributed by atoms with Crippen LogP contribution in [-0.4, -0.2) is 34.6 Å². The van der Waals surface area contributed by atoms with Crippen LogP contribution in [0.1, 0.15) is 45.3 Å². The molecule has 2 heterocycles. The van der Waals surface area contributed by atoms with E-state index in [0.717, 1.165) is 41.3 Å². The fourth-order valence-electron chi connectivity index (χ4n) is 3.41. The smallest absolute Gasteiger partial charge is 0.346 e. The van der Waals surface area contributed by atoms with Crippen LogP contribution in [0.5, 0.6) is 0 Å². The van der Waals surface area contributed by atoms with Crippen LogP contribution in [0.15, 0.2) is 42.5 Å². The Morgan fingerprint density at radius 3 is 2.72 bits per heavy atom. The van der Waals surface area contributed by atoms with Gasteiger partial charge in [0.05, 0.1) is 2.74 Å². The van der Waals surface area contributed by atoms with Crippen LogP contribution < -0.4 is 10.6 Å². The second kappa shape index (κ2) is 8.31. The maximum Gasteiger partial charge on any atom is 0.349 e. The summed E-state index contributed by atoms with van der Waals surface area (Å²) in [5.74, 6) is -9.05. The van der Waals surface area contributed by atoms with E-state index in [1.807, 2.05) is 5.32 Å². The zero-order valence-electron chi connectivity index (χ0n) is 21.2. The minimum atomic E-state index is -4.24. The number of amides is 4. The standard InChI is InChI=1S/C22H18ClF2N3O4/c23-15-4-2-14(3-5-15)22(24,25)21(32)26-10-12-1-6-16-13(9-12)11-28(20(16)31)17-7-8-18(29)27-19(17)30/h1-6,9,17H,7-8,10-11H2,(H,26,32)(H,27,29,30)/i8D2,10D2/hD. The average Bonchev–Trinajstić information content (AvgIpc) is 3.16. The molecule has 0 aliphatic carbocycles. The Morgan fingerprint density at radius 2 is 2.00 bits per heavy atom. The van der Waals surface area contributed by atoms with Gasteiger partial charge in [-0.25, -0.2) is 0 Å². The predicted molar refractivity (Wildman–Crippen MR) is 110 cm³/mol. The monoisotopic (exact) mass is 466 g/mol. The third-order valence-electron chi connectivity index (χ3n) is 5.07. The molecule has 1 atom stereocenters. The molecule has 2 aromatic rings. The van der Waals surface area contributed by atoms with Crippen LogP contribution in [0.4, 0.5) is 8.78 Å². The number of fused-ring (bicyclic) bond motifs is 1. The maximum atomic E-state index is 14.8. The van der Waals surface area contributed by atoms with Gasteiger partial charge in [0, 0.05) is 38.3 Å². The molecule has 0 radical (unpaired) electrons. The van der Waals surface area contributed by atoms with E-state index in [9.17, 15) is 28.0 Å². The summed E-state index contributed by atoms with van der Waals surface area (Å²) in [7, 11) is 0. The van der Waals surface area contributed by atoms with Gasteiger partial charge in [0.2, 0.25) is 11.8 Å². The van der Waals surface area contributed by atoms with Gasteiger partial charge in [-0.2, -0.15) is 8.78 Å². The number of halogens is 3. The van der Waals surface area contributed by atoms with E-state index in [4.69, 9.17) is 18.5 Å². The molecule has 1 unspecified atom stereocenters. The summed E-state index contributed by atoms with van der Waals surface area (Å²) in [5.41, 5.74) is -0.954. The molecule has 1 fully saturated rings. The van der Waals surface area contributed by atoms with Crippen LogP contribution in [0.3, 0.4) is 0 Å². The Balaban J connectivity index is 1.59. The molecule has 2 N–H and O–H groups in total. The molecule has 2 aliphatic rings. The number of hydrogen-bond donors (Lipinski definition) is 2. The number of piperidine rings is 1. The van der Waals surface area contributed by atoms with E-state index in [-0.39, 0.29) is 28.3 Å². The highest BCUT2D eigenvalue weighted by molar-refractivity contribution is 6.30. The fraction of sp³-hybridized carbons (Fsp3) is 0.273. The Labute approximate surface area is 193 Å². The summed E-state index contributed by atoms with van der Waals surface area (Å²) < 4.78 is 69.4. The van der Waals surface area contributed by atoms with Crippen molar-refractivity contribution in [3.8, 4) is 0 Å². The Kier molecular flexibility index (Phi) is 4.24. The van der Waals surface area contributed by atoms with Gasteiger partial charge >= 0.3 is 5.92 Å². The molecule has 4 rings (SSSR count). The zero-order chi connectivity index (χ0) is 27.5. The second-order valence-corrected chi connectivity index (χ2v) is 7.57. The van der Waals surface area contributed by atoms with Gasteiger partial charge in [-0.05, 0) is 35.7 Å². The number of nitrogens with zero attached hydrogens (tertiary/aromatic N) is 1. The molecule has 2 aromatic carbocycles. The molecular weight excluding hydrogens is 444 g/mol. The van der Waals surface area contributed by atoms with E-state index in [1.54, 1.807) is 0 Å². The summed E-state index contributed by atoms with van der Waals surface area (Å²) >= 11 is 5.68. The summed E-state index contributed by atoms with van der Waals surface area (Å²) in [6.07, 6.45) is -2.99. The summed E-state index contributed by atoms with van der Waals surface area (Å²) in [5, 5.41) is 1.54. The molecule has 0 aromatic heterocycles. The van der Waals surface area contributed by atoms with Crippen LogP contribution in [-0.2, 0) is 33.3 Å². The number of alkyl halides is 2. The van der Waals surface area contributed by atoms with Crippen molar-refractivity contribution in [2.45, 2.75) is 37.8 Å². The normalized spacial score (nSPS) is 22.7. The fourth-order valence-corrected chi connectivity index (χ4v) is 3.53. The van der Waals surface area contributed by atoms with Crippen molar-refractivity contribution in [1.29, 1.82) is 0 Å². The largest absolute Gasteiger partial charge is 0.349 e. The highest BCUT2D eigenvalue weighted by Gasteiger charge is 2.41. The number of hydrogen-bond acceptors (Lipinski definition) is 4. The first kappa shape index (κ1) is 16.3. The first-order chi connectivity index (χ1) is 17.1. The molecule has 32 heavy (non-hydrogen) atoms. The van der Waals surface area contributed by atoms with Crippen LogP contribution in [0.25, 0.3) is 0 Å². The van der Waals surface area contributed by atoms with Crippen LogP contribution in [0, 0.1) is 0 Å². The second-order valence-electron chi connectivity index (χ2n) is 7.13. The number of benzene rings is 2. The van der Waals surface area contributed by atoms with E-state index in [0.29, 0.717) is 0 Å². The first-order valence-corrected chi connectivity index (χ1v) is 9.72. The predicted octanol–water partition coefficient (Wildman–Crippen LogP) is 2.51. The summed E-state index contributed by atoms with van der Waals surface area (Å²) in [6.45, 7) is -3.32.